The maximum absolute atomic E-state index is 11.9. The van der Waals surface area contributed by atoms with Crippen molar-refractivity contribution in [3.05, 3.63) is 35.9 Å². The van der Waals surface area contributed by atoms with E-state index in [9.17, 15) is 9.59 Å². The molecule has 3 rings (SSSR count). The average molecular weight is 215 g/mol. The van der Waals surface area contributed by atoms with Gasteiger partial charge in [0.1, 0.15) is 0 Å². The number of rotatable bonds is 2. The van der Waals surface area contributed by atoms with E-state index in [1.54, 1.807) is 0 Å². The highest BCUT2D eigenvalue weighted by Crippen LogP contribution is 2.42. The van der Waals surface area contributed by atoms with Crippen molar-refractivity contribution in [2.45, 2.75) is 19.4 Å². The minimum Gasteiger partial charge on any atom is -0.278 e. The van der Waals surface area contributed by atoms with Gasteiger partial charge in [-0.05, 0) is 18.4 Å². The number of carbonyl (C=O) groups is 2. The van der Waals surface area contributed by atoms with E-state index in [2.05, 4.69) is 0 Å². The average Bonchev–Trinajstić information content (AvgIpc) is 2.39. The molecule has 1 saturated heterocycles. The Morgan fingerprint density at radius 2 is 1.56 bits per heavy atom. The molecular weight excluding hydrogens is 202 g/mol. The summed E-state index contributed by atoms with van der Waals surface area (Å²) < 4.78 is 0. The van der Waals surface area contributed by atoms with Crippen molar-refractivity contribution in [1.29, 1.82) is 0 Å². The SMILES string of the molecule is O=C1C2CCC2C(=O)N1Cc1ccccc1. The van der Waals surface area contributed by atoms with Crippen LogP contribution in [0.3, 0.4) is 0 Å². The summed E-state index contributed by atoms with van der Waals surface area (Å²) in [4.78, 5) is 25.2. The van der Waals surface area contributed by atoms with Crippen LogP contribution in [0, 0.1) is 11.8 Å². The fourth-order valence-electron chi connectivity index (χ4n) is 2.52. The third-order valence-electron chi connectivity index (χ3n) is 3.62. The molecule has 1 aliphatic carbocycles. The van der Waals surface area contributed by atoms with Gasteiger partial charge in [0.25, 0.3) is 0 Å². The number of amides is 2. The van der Waals surface area contributed by atoms with Gasteiger partial charge in [-0.15, -0.1) is 0 Å². The van der Waals surface area contributed by atoms with E-state index in [1.807, 2.05) is 30.3 Å². The second kappa shape index (κ2) is 3.44. The first kappa shape index (κ1) is 9.58. The van der Waals surface area contributed by atoms with Crippen molar-refractivity contribution < 1.29 is 9.59 Å². The molecule has 0 N–H and O–H groups in total. The zero-order valence-electron chi connectivity index (χ0n) is 8.93. The lowest BCUT2D eigenvalue weighted by Gasteiger charge is -2.24. The van der Waals surface area contributed by atoms with Crippen LogP contribution in [0.25, 0.3) is 0 Å². The number of hydrogen-bond donors (Lipinski definition) is 0. The van der Waals surface area contributed by atoms with Crippen molar-refractivity contribution in [2.24, 2.45) is 11.8 Å². The van der Waals surface area contributed by atoms with Crippen molar-refractivity contribution >= 4 is 11.8 Å². The third kappa shape index (κ3) is 1.28. The van der Waals surface area contributed by atoms with E-state index in [4.69, 9.17) is 0 Å². The Kier molecular flexibility index (Phi) is 2.06. The Hall–Kier alpha value is -1.64. The summed E-state index contributed by atoms with van der Waals surface area (Å²) in [6.07, 6.45) is 1.78. The number of benzene rings is 1. The third-order valence-corrected chi connectivity index (χ3v) is 3.62. The summed E-state index contributed by atoms with van der Waals surface area (Å²) in [7, 11) is 0. The predicted molar refractivity (Wildman–Crippen MR) is 58.2 cm³/mol. The van der Waals surface area contributed by atoms with E-state index in [1.165, 1.54) is 4.90 Å². The van der Waals surface area contributed by atoms with Crippen LogP contribution in [-0.2, 0) is 16.1 Å². The molecule has 0 radical (unpaired) electrons. The molecule has 2 fully saturated rings. The van der Waals surface area contributed by atoms with Crippen LogP contribution in [0.5, 0.6) is 0 Å². The summed E-state index contributed by atoms with van der Waals surface area (Å²) in [5.41, 5.74) is 1.02. The maximum Gasteiger partial charge on any atom is 0.233 e. The van der Waals surface area contributed by atoms with E-state index in [0.29, 0.717) is 6.54 Å². The van der Waals surface area contributed by atoms with Gasteiger partial charge in [0.15, 0.2) is 0 Å². The minimum atomic E-state index is -0.00351. The highest BCUT2D eigenvalue weighted by Gasteiger charge is 2.52. The van der Waals surface area contributed by atoms with Gasteiger partial charge in [0.2, 0.25) is 11.8 Å². The number of imide groups is 1. The molecule has 2 amide bonds. The topological polar surface area (TPSA) is 37.4 Å². The highest BCUT2D eigenvalue weighted by atomic mass is 16.2. The molecule has 2 unspecified atom stereocenters. The highest BCUT2D eigenvalue weighted by molar-refractivity contribution is 6.06. The van der Waals surface area contributed by atoms with Gasteiger partial charge in [-0.3, -0.25) is 14.5 Å². The molecule has 0 aromatic heterocycles. The zero-order chi connectivity index (χ0) is 11.1. The van der Waals surface area contributed by atoms with E-state index in [-0.39, 0.29) is 23.7 Å². The lowest BCUT2D eigenvalue weighted by atomic mass is 9.76. The van der Waals surface area contributed by atoms with E-state index < -0.39 is 0 Å². The van der Waals surface area contributed by atoms with Crippen LogP contribution in [0.4, 0.5) is 0 Å². The minimum absolute atomic E-state index is 0.00351. The summed E-state index contributed by atoms with van der Waals surface area (Å²) in [6, 6.07) is 9.67. The number of likely N-dealkylation sites (tertiary alicyclic amines) is 1. The summed E-state index contributed by atoms with van der Waals surface area (Å²) >= 11 is 0. The fraction of sp³-hybridized carbons (Fsp3) is 0.385. The quantitative estimate of drug-likeness (QED) is 0.702. The molecule has 0 spiro atoms. The molecule has 82 valence electrons. The van der Waals surface area contributed by atoms with Gasteiger partial charge in [0, 0.05) is 0 Å². The lowest BCUT2D eigenvalue weighted by Crippen LogP contribution is -2.29. The molecule has 1 aliphatic heterocycles. The summed E-state index contributed by atoms with van der Waals surface area (Å²) in [6.45, 7) is 0.436. The molecule has 2 atom stereocenters. The van der Waals surface area contributed by atoms with Crippen molar-refractivity contribution in [2.75, 3.05) is 0 Å². The largest absolute Gasteiger partial charge is 0.278 e. The Morgan fingerprint density at radius 1 is 1.00 bits per heavy atom. The summed E-state index contributed by atoms with van der Waals surface area (Å²) in [5.74, 6) is 0.0580. The van der Waals surface area contributed by atoms with Crippen molar-refractivity contribution in [1.82, 2.24) is 4.90 Å². The second-order valence-electron chi connectivity index (χ2n) is 4.54. The maximum atomic E-state index is 11.9. The van der Waals surface area contributed by atoms with Gasteiger partial charge >= 0.3 is 0 Å². The molecule has 1 saturated carbocycles. The van der Waals surface area contributed by atoms with Crippen LogP contribution in [0.2, 0.25) is 0 Å². The molecule has 0 bridgehead atoms. The fourth-order valence-corrected chi connectivity index (χ4v) is 2.52. The van der Waals surface area contributed by atoms with Gasteiger partial charge in [-0.2, -0.15) is 0 Å². The Bertz CT molecular complexity index is 419. The molecule has 1 heterocycles. The number of carbonyl (C=O) groups excluding carboxylic acids is 2. The van der Waals surface area contributed by atoms with Gasteiger partial charge in [-0.1, -0.05) is 30.3 Å². The predicted octanol–water partition coefficient (Wildman–Crippen LogP) is 1.58. The Labute approximate surface area is 94.1 Å². The standard InChI is InChI=1S/C13H13NO2/c15-12-10-6-7-11(10)13(16)14(12)8-9-4-2-1-3-5-9/h1-5,10-11H,6-8H2. The first-order valence-corrected chi connectivity index (χ1v) is 5.66. The van der Waals surface area contributed by atoms with Crippen molar-refractivity contribution in [3.63, 3.8) is 0 Å². The smallest absolute Gasteiger partial charge is 0.233 e. The van der Waals surface area contributed by atoms with Crippen LogP contribution in [0.15, 0.2) is 30.3 Å². The molecular formula is C13H13NO2. The van der Waals surface area contributed by atoms with Gasteiger partial charge in [0.05, 0.1) is 18.4 Å². The number of nitrogens with zero attached hydrogens (tertiary/aromatic N) is 1. The molecule has 2 aliphatic rings. The van der Waals surface area contributed by atoms with Gasteiger partial charge < -0.3 is 0 Å². The van der Waals surface area contributed by atoms with Crippen molar-refractivity contribution in [3.8, 4) is 0 Å². The summed E-state index contributed by atoms with van der Waals surface area (Å²) in [5, 5.41) is 0. The molecule has 3 nitrogen and oxygen atoms in total. The zero-order valence-corrected chi connectivity index (χ0v) is 8.93. The van der Waals surface area contributed by atoms with Crippen LogP contribution < -0.4 is 0 Å². The van der Waals surface area contributed by atoms with E-state index in [0.717, 1.165) is 18.4 Å². The van der Waals surface area contributed by atoms with Gasteiger partial charge in [-0.25, -0.2) is 0 Å². The molecule has 1 aromatic rings. The monoisotopic (exact) mass is 215 g/mol. The number of hydrogen-bond acceptors (Lipinski definition) is 2. The van der Waals surface area contributed by atoms with Crippen LogP contribution in [0.1, 0.15) is 18.4 Å². The molecule has 3 heteroatoms. The Morgan fingerprint density at radius 3 is 2.06 bits per heavy atom. The van der Waals surface area contributed by atoms with Crippen LogP contribution >= 0.6 is 0 Å². The molecule has 1 aromatic carbocycles. The van der Waals surface area contributed by atoms with E-state index >= 15 is 0 Å². The van der Waals surface area contributed by atoms with Crippen LogP contribution in [-0.4, -0.2) is 16.7 Å². The first-order valence-electron chi connectivity index (χ1n) is 5.66. The normalized spacial score (nSPS) is 27.9. The Balaban J connectivity index is 1.81. The second-order valence-corrected chi connectivity index (χ2v) is 4.54. The number of fused-ring (bicyclic) bond motifs is 1. The lowest BCUT2D eigenvalue weighted by molar-refractivity contribution is -0.140. The molecule has 16 heavy (non-hydrogen) atoms. The first-order chi connectivity index (χ1) is 7.77.